The average Bonchev–Trinajstić information content (AvgIpc) is 3.08. The molecule has 1 fully saturated rings. The lowest BCUT2D eigenvalue weighted by molar-refractivity contribution is -0.199. The molecule has 11 nitrogen and oxygen atoms in total. The normalized spacial score (nSPS) is 27.6. The summed E-state index contributed by atoms with van der Waals surface area (Å²) >= 11 is 0. The zero-order valence-electron chi connectivity index (χ0n) is 13.7. The van der Waals surface area contributed by atoms with Crippen LogP contribution in [-0.2, 0) is 33.3 Å². The number of rotatable bonds is 4. The molecular weight excluding hydrogens is 338 g/mol. The lowest BCUT2D eigenvalue weighted by atomic mass is 9.98. The fraction of sp³-hybridized carbons (Fsp3) is 0.500. The smallest absolute Gasteiger partial charge is 0.339 e. The van der Waals surface area contributed by atoms with E-state index in [-0.39, 0.29) is 5.71 Å². The Labute approximate surface area is 142 Å². The van der Waals surface area contributed by atoms with E-state index in [0.29, 0.717) is 0 Å². The lowest BCUT2D eigenvalue weighted by Gasteiger charge is -2.39. The van der Waals surface area contributed by atoms with Crippen LogP contribution in [0, 0.1) is 0 Å². The van der Waals surface area contributed by atoms with Crippen LogP contribution in [0.5, 0.6) is 0 Å². The summed E-state index contributed by atoms with van der Waals surface area (Å²) in [7, 11) is 1.12. The number of hydrogen-bond acceptors (Lipinski definition) is 10. The molecule has 1 saturated heterocycles. The standard InChI is InChI=1S/C14H17N3O8/c1-7(18)23-10-9(16-21)13(17-6-4-5-15-17)25-12(14(20)22-3)11(10)24-8(2)19/h4-6,10-13,21H,1-3H3/b16-9-/t10-,11+,12+,13+/m1/s1. The summed E-state index contributed by atoms with van der Waals surface area (Å²) in [5, 5.41) is 16.5. The van der Waals surface area contributed by atoms with Crippen LogP contribution in [0.4, 0.5) is 0 Å². The molecule has 0 unspecified atom stereocenters. The van der Waals surface area contributed by atoms with E-state index in [1.807, 2.05) is 0 Å². The van der Waals surface area contributed by atoms with Crippen molar-refractivity contribution in [3.8, 4) is 0 Å². The second-order valence-corrected chi connectivity index (χ2v) is 5.05. The molecule has 0 amide bonds. The molecule has 0 bridgehead atoms. The Kier molecular flexibility index (Phi) is 5.70. The van der Waals surface area contributed by atoms with Gasteiger partial charge in [0.2, 0.25) is 0 Å². The van der Waals surface area contributed by atoms with E-state index in [9.17, 15) is 19.6 Å². The fourth-order valence-electron chi connectivity index (χ4n) is 2.40. The van der Waals surface area contributed by atoms with E-state index in [4.69, 9.17) is 14.2 Å². The van der Waals surface area contributed by atoms with Gasteiger partial charge in [-0.25, -0.2) is 9.48 Å². The molecule has 136 valence electrons. The maximum absolute atomic E-state index is 12.1. The van der Waals surface area contributed by atoms with Gasteiger partial charge in [0.25, 0.3) is 0 Å². The highest BCUT2D eigenvalue weighted by atomic mass is 16.6. The van der Waals surface area contributed by atoms with E-state index < -0.39 is 42.4 Å². The van der Waals surface area contributed by atoms with E-state index in [0.717, 1.165) is 21.0 Å². The van der Waals surface area contributed by atoms with Gasteiger partial charge in [0.15, 0.2) is 30.3 Å². The van der Waals surface area contributed by atoms with E-state index in [1.54, 1.807) is 6.07 Å². The maximum atomic E-state index is 12.1. The summed E-state index contributed by atoms with van der Waals surface area (Å²) in [6.45, 7) is 2.22. The van der Waals surface area contributed by atoms with Crippen molar-refractivity contribution < 1.29 is 38.5 Å². The minimum Gasteiger partial charge on any atom is -0.467 e. The third-order valence-electron chi connectivity index (χ3n) is 3.33. The van der Waals surface area contributed by atoms with Crippen LogP contribution in [-0.4, -0.2) is 64.0 Å². The highest BCUT2D eigenvalue weighted by Gasteiger charge is 2.52. The quantitative estimate of drug-likeness (QED) is 0.332. The molecule has 0 aromatic carbocycles. The Morgan fingerprint density at radius 3 is 2.44 bits per heavy atom. The van der Waals surface area contributed by atoms with Gasteiger partial charge in [-0.2, -0.15) is 5.10 Å². The van der Waals surface area contributed by atoms with Gasteiger partial charge < -0.3 is 24.2 Å². The first-order valence-corrected chi connectivity index (χ1v) is 7.17. The Morgan fingerprint density at radius 1 is 1.28 bits per heavy atom. The highest BCUT2D eigenvalue weighted by molar-refractivity contribution is 5.95. The monoisotopic (exact) mass is 355 g/mol. The molecule has 1 aromatic rings. The van der Waals surface area contributed by atoms with Gasteiger partial charge in [-0.3, -0.25) is 9.59 Å². The molecule has 0 aliphatic carbocycles. The Bertz CT molecular complexity index is 672. The van der Waals surface area contributed by atoms with Crippen LogP contribution in [0.25, 0.3) is 0 Å². The molecule has 2 heterocycles. The lowest BCUT2D eigenvalue weighted by Crippen LogP contribution is -2.59. The van der Waals surface area contributed by atoms with E-state index >= 15 is 0 Å². The van der Waals surface area contributed by atoms with Gasteiger partial charge in [0.05, 0.1) is 7.11 Å². The SMILES string of the molecule is COC(=O)[C@H]1O[C@H](n2cccn2)/C(=N\O)[C@@H](OC(C)=O)[C@@H]1OC(C)=O. The van der Waals surface area contributed by atoms with Gasteiger partial charge in [-0.05, 0) is 6.07 Å². The minimum absolute atomic E-state index is 0.203. The second kappa shape index (κ2) is 7.75. The summed E-state index contributed by atoms with van der Waals surface area (Å²) in [6.07, 6.45) is -2.46. The minimum atomic E-state index is -1.43. The molecule has 2 rings (SSSR count). The van der Waals surface area contributed by atoms with Crippen molar-refractivity contribution in [1.29, 1.82) is 0 Å². The summed E-state index contributed by atoms with van der Waals surface area (Å²) in [6, 6.07) is 1.57. The third kappa shape index (κ3) is 3.94. The molecule has 0 radical (unpaired) electrons. The zero-order chi connectivity index (χ0) is 18.6. The van der Waals surface area contributed by atoms with Crippen LogP contribution in [0.2, 0.25) is 0 Å². The fourth-order valence-corrected chi connectivity index (χ4v) is 2.40. The number of ether oxygens (including phenoxy) is 4. The van der Waals surface area contributed by atoms with Gasteiger partial charge in [-0.15, -0.1) is 0 Å². The van der Waals surface area contributed by atoms with Gasteiger partial charge in [-0.1, -0.05) is 5.16 Å². The number of methoxy groups -OCH3 is 1. The van der Waals surface area contributed by atoms with Gasteiger partial charge >= 0.3 is 17.9 Å². The first kappa shape index (κ1) is 18.4. The second-order valence-electron chi connectivity index (χ2n) is 5.05. The highest BCUT2D eigenvalue weighted by Crippen LogP contribution is 2.30. The van der Waals surface area contributed by atoms with Crippen molar-refractivity contribution in [3.05, 3.63) is 18.5 Å². The number of carbonyl (C=O) groups excluding carboxylic acids is 3. The van der Waals surface area contributed by atoms with Crippen LogP contribution in [0.1, 0.15) is 20.1 Å². The molecule has 1 N–H and O–H groups in total. The Hall–Kier alpha value is -2.95. The number of esters is 3. The van der Waals surface area contributed by atoms with Crippen molar-refractivity contribution in [2.45, 2.75) is 38.4 Å². The average molecular weight is 355 g/mol. The number of oxime groups is 1. The molecule has 11 heteroatoms. The Morgan fingerprint density at radius 2 is 1.96 bits per heavy atom. The van der Waals surface area contributed by atoms with E-state index in [1.165, 1.54) is 17.1 Å². The first-order chi connectivity index (χ1) is 11.9. The molecule has 0 saturated carbocycles. The van der Waals surface area contributed by atoms with E-state index in [2.05, 4.69) is 15.0 Å². The first-order valence-electron chi connectivity index (χ1n) is 7.17. The number of carbonyl (C=O) groups is 3. The van der Waals surface area contributed by atoms with Crippen LogP contribution in [0.3, 0.4) is 0 Å². The Balaban J connectivity index is 2.50. The molecule has 1 aromatic heterocycles. The van der Waals surface area contributed by atoms with Crippen molar-refractivity contribution in [3.63, 3.8) is 0 Å². The van der Waals surface area contributed by atoms with Crippen molar-refractivity contribution in [2.24, 2.45) is 5.16 Å². The number of aromatic nitrogens is 2. The predicted octanol–water partition coefficient (Wildman–Crippen LogP) is -0.353. The molecular formula is C14H17N3O8. The maximum Gasteiger partial charge on any atom is 0.339 e. The van der Waals surface area contributed by atoms with Crippen LogP contribution < -0.4 is 0 Å². The summed E-state index contributed by atoms with van der Waals surface area (Å²) in [4.78, 5) is 35.0. The number of nitrogens with zero attached hydrogens (tertiary/aromatic N) is 3. The van der Waals surface area contributed by atoms with Crippen molar-refractivity contribution in [2.75, 3.05) is 7.11 Å². The molecule has 25 heavy (non-hydrogen) atoms. The van der Waals surface area contributed by atoms with Crippen LogP contribution in [0.15, 0.2) is 23.6 Å². The zero-order valence-corrected chi connectivity index (χ0v) is 13.7. The molecule has 1 aliphatic heterocycles. The predicted molar refractivity (Wildman–Crippen MR) is 78.5 cm³/mol. The van der Waals surface area contributed by atoms with Gasteiger partial charge in [0, 0.05) is 26.2 Å². The summed E-state index contributed by atoms with van der Waals surface area (Å²) in [5.74, 6) is -2.36. The molecule has 4 atom stereocenters. The molecule has 1 aliphatic rings. The summed E-state index contributed by atoms with van der Waals surface area (Å²) < 4.78 is 21.7. The third-order valence-corrected chi connectivity index (χ3v) is 3.33. The van der Waals surface area contributed by atoms with Crippen molar-refractivity contribution >= 4 is 23.6 Å². The number of hydrogen-bond donors (Lipinski definition) is 1. The van der Waals surface area contributed by atoms with Crippen molar-refractivity contribution in [1.82, 2.24) is 9.78 Å². The largest absolute Gasteiger partial charge is 0.467 e. The molecule has 0 spiro atoms. The topological polar surface area (TPSA) is 139 Å². The van der Waals surface area contributed by atoms with Gasteiger partial charge in [0.1, 0.15) is 0 Å². The summed E-state index contributed by atoms with van der Waals surface area (Å²) in [5.41, 5.74) is -0.203. The van der Waals surface area contributed by atoms with Crippen LogP contribution >= 0.6 is 0 Å².